The van der Waals surface area contributed by atoms with Crippen LogP contribution in [0, 0.1) is 0 Å². The second kappa shape index (κ2) is 5.50. The van der Waals surface area contributed by atoms with Crippen molar-refractivity contribution in [2.24, 2.45) is 5.73 Å². The van der Waals surface area contributed by atoms with Gasteiger partial charge in [0.2, 0.25) is 5.89 Å². The number of hydrogen-bond donors (Lipinski definition) is 1. The summed E-state index contributed by atoms with van der Waals surface area (Å²) in [7, 11) is 0. The van der Waals surface area contributed by atoms with Crippen LogP contribution in [0.4, 0.5) is 0 Å². The average molecular weight is 259 g/mol. The van der Waals surface area contributed by atoms with Crippen LogP contribution in [0.3, 0.4) is 0 Å². The zero-order valence-electron chi connectivity index (χ0n) is 10.7. The van der Waals surface area contributed by atoms with Gasteiger partial charge in [-0.25, -0.2) is 0 Å². The summed E-state index contributed by atoms with van der Waals surface area (Å²) < 4.78 is 10.8. The number of nitrogens with zero attached hydrogens (tertiary/aromatic N) is 2. The Balaban J connectivity index is 1.72. The summed E-state index contributed by atoms with van der Waals surface area (Å²) in [5.41, 5.74) is 7.23. The Morgan fingerprint density at radius 2 is 2.11 bits per heavy atom. The molecule has 0 radical (unpaired) electrons. The summed E-state index contributed by atoms with van der Waals surface area (Å²) >= 11 is 0. The maximum Gasteiger partial charge on any atom is 0.233 e. The summed E-state index contributed by atoms with van der Waals surface area (Å²) in [6, 6.07) is 10.1. The number of aromatic nitrogens is 2. The molecule has 2 aromatic rings. The van der Waals surface area contributed by atoms with E-state index in [0.717, 1.165) is 6.42 Å². The molecule has 1 saturated heterocycles. The number of ether oxygens (including phenoxy) is 1. The fourth-order valence-electron chi connectivity index (χ4n) is 2.28. The highest BCUT2D eigenvalue weighted by Gasteiger charge is 2.29. The van der Waals surface area contributed by atoms with Crippen molar-refractivity contribution in [3.05, 3.63) is 47.6 Å². The minimum absolute atomic E-state index is 0.0192. The van der Waals surface area contributed by atoms with Gasteiger partial charge in [0.05, 0.1) is 12.5 Å². The Hall–Kier alpha value is -1.72. The van der Waals surface area contributed by atoms with E-state index in [1.165, 1.54) is 5.56 Å². The third kappa shape index (κ3) is 2.83. The van der Waals surface area contributed by atoms with Crippen LogP contribution in [0.15, 0.2) is 34.9 Å². The second-order valence-electron chi connectivity index (χ2n) is 4.85. The van der Waals surface area contributed by atoms with Gasteiger partial charge in [0.25, 0.3) is 0 Å². The summed E-state index contributed by atoms with van der Waals surface area (Å²) in [5, 5.41) is 4.02. The van der Waals surface area contributed by atoms with Gasteiger partial charge in [-0.1, -0.05) is 35.5 Å². The van der Waals surface area contributed by atoms with Crippen molar-refractivity contribution in [3.63, 3.8) is 0 Å². The van der Waals surface area contributed by atoms with E-state index >= 15 is 0 Å². The first-order valence-electron chi connectivity index (χ1n) is 6.52. The van der Waals surface area contributed by atoms with Crippen LogP contribution in [-0.2, 0) is 11.2 Å². The number of hydrogen-bond acceptors (Lipinski definition) is 5. The maximum absolute atomic E-state index is 6.07. The van der Waals surface area contributed by atoms with Crippen LogP contribution in [0.2, 0.25) is 0 Å². The molecule has 0 amide bonds. The first kappa shape index (κ1) is 12.3. The Labute approximate surface area is 111 Å². The molecule has 1 aliphatic rings. The fraction of sp³-hybridized carbons (Fsp3) is 0.429. The summed E-state index contributed by atoms with van der Waals surface area (Å²) in [6.07, 6.45) is 1.51. The molecule has 5 heteroatoms. The molecule has 1 fully saturated rings. The number of rotatable bonds is 3. The van der Waals surface area contributed by atoms with Gasteiger partial charge >= 0.3 is 0 Å². The van der Waals surface area contributed by atoms with Crippen LogP contribution < -0.4 is 5.73 Å². The van der Waals surface area contributed by atoms with Gasteiger partial charge in [0, 0.05) is 19.1 Å². The van der Waals surface area contributed by atoms with Crippen LogP contribution in [0.25, 0.3) is 0 Å². The summed E-state index contributed by atoms with van der Waals surface area (Å²) in [4.78, 5) is 4.44. The summed E-state index contributed by atoms with van der Waals surface area (Å²) in [6.45, 7) is 1.27. The molecule has 2 atom stereocenters. The van der Waals surface area contributed by atoms with Gasteiger partial charge in [-0.05, 0) is 12.0 Å². The third-order valence-electron chi connectivity index (χ3n) is 3.42. The molecule has 0 bridgehead atoms. The zero-order valence-corrected chi connectivity index (χ0v) is 10.7. The minimum atomic E-state index is 0.0192. The van der Waals surface area contributed by atoms with Gasteiger partial charge in [0.1, 0.15) is 0 Å². The van der Waals surface area contributed by atoms with Gasteiger partial charge in [-0.15, -0.1) is 0 Å². The van der Waals surface area contributed by atoms with Crippen molar-refractivity contribution >= 4 is 0 Å². The average Bonchev–Trinajstić information content (AvgIpc) is 2.89. The predicted molar refractivity (Wildman–Crippen MR) is 69.7 cm³/mol. The molecule has 1 aromatic carbocycles. The third-order valence-corrected chi connectivity index (χ3v) is 3.42. The lowest BCUT2D eigenvalue weighted by Crippen LogP contribution is -2.37. The van der Waals surface area contributed by atoms with Gasteiger partial charge in [-0.2, -0.15) is 4.98 Å². The van der Waals surface area contributed by atoms with E-state index in [1.807, 2.05) is 30.3 Å². The topological polar surface area (TPSA) is 74.2 Å². The zero-order chi connectivity index (χ0) is 13.1. The highest BCUT2D eigenvalue weighted by Crippen LogP contribution is 2.23. The Morgan fingerprint density at radius 1 is 1.26 bits per heavy atom. The lowest BCUT2D eigenvalue weighted by Gasteiger charge is -2.25. The van der Waals surface area contributed by atoms with Crippen molar-refractivity contribution < 1.29 is 9.26 Å². The molecule has 2 unspecified atom stereocenters. The molecule has 3 rings (SSSR count). The van der Waals surface area contributed by atoms with Gasteiger partial charge in [-0.3, -0.25) is 0 Å². The van der Waals surface area contributed by atoms with Crippen molar-refractivity contribution in [1.82, 2.24) is 10.1 Å². The Bertz CT molecular complexity index is 526. The van der Waals surface area contributed by atoms with E-state index in [1.54, 1.807) is 0 Å². The Kier molecular flexibility index (Phi) is 3.57. The SMILES string of the molecule is NC1CCOCC1c1nc(Cc2ccccc2)no1. The highest BCUT2D eigenvalue weighted by molar-refractivity contribution is 5.18. The molecular weight excluding hydrogens is 242 g/mol. The molecule has 1 aliphatic heterocycles. The van der Waals surface area contributed by atoms with Gasteiger partial charge < -0.3 is 15.0 Å². The highest BCUT2D eigenvalue weighted by atomic mass is 16.5. The first-order valence-corrected chi connectivity index (χ1v) is 6.52. The van der Waals surface area contributed by atoms with Crippen molar-refractivity contribution in [2.75, 3.05) is 13.2 Å². The van der Waals surface area contributed by atoms with E-state index in [4.69, 9.17) is 15.0 Å². The second-order valence-corrected chi connectivity index (χ2v) is 4.85. The largest absolute Gasteiger partial charge is 0.381 e. The molecular formula is C14H17N3O2. The van der Waals surface area contributed by atoms with Crippen LogP contribution in [0.1, 0.15) is 29.6 Å². The van der Waals surface area contributed by atoms with E-state index < -0.39 is 0 Å². The fourth-order valence-corrected chi connectivity index (χ4v) is 2.28. The van der Waals surface area contributed by atoms with Crippen LogP contribution >= 0.6 is 0 Å². The van der Waals surface area contributed by atoms with Crippen molar-refractivity contribution in [2.45, 2.75) is 24.8 Å². The minimum Gasteiger partial charge on any atom is -0.381 e. The van der Waals surface area contributed by atoms with E-state index in [0.29, 0.717) is 31.3 Å². The number of benzene rings is 1. The van der Waals surface area contributed by atoms with Crippen molar-refractivity contribution in [1.29, 1.82) is 0 Å². The molecule has 0 spiro atoms. The van der Waals surface area contributed by atoms with Crippen LogP contribution in [-0.4, -0.2) is 29.4 Å². The van der Waals surface area contributed by atoms with Crippen molar-refractivity contribution in [3.8, 4) is 0 Å². The molecule has 1 aromatic heterocycles. The summed E-state index contributed by atoms with van der Waals surface area (Å²) in [5.74, 6) is 1.31. The monoisotopic (exact) mass is 259 g/mol. The Morgan fingerprint density at radius 3 is 2.89 bits per heavy atom. The molecule has 100 valence electrons. The lowest BCUT2D eigenvalue weighted by atomic mass is 9.97. The van der Waals surface area contributed by atoms with Gasteiger partial charge in [0.15, 0.2) is 5.82 Å². The first-order chi connectivity index (χ1) is 9.33. The molecule has 5 nitrogen and oxygen atoms in total. The molecule has 2 heterocycles. The van der Waals surface area contributed by atoms with Crippen LogP contribution in [0.5, 0.6) is 0 Å². The smallest absolute Gasteiger partial charge is 0.233 e. The number of nitrogens with two attached hydrogens (primary N) is 1. The molecule has 0 aliphatic carbocycles. The standard InChI is InChI=1S/C14H17N3O2/c15-12-6-7-18-9-11(12)14-16-13(17-19-14)8-10-4-2-1-3-5-10/h1-5,11-12H,6-9,15H2. The molecule has 0 saturated carbocycles. The normalized spacial score (nSPS) is 23.4. The molecule has 2 N–H and O–H groups in total. The molecule has 19 heavy (non-hydrogen) atoms. The van der Waals surface area contributed by atoms with E-state index in [2.05, 4.69) is 10.1 Å². The van der Waals surface area contributed by atoms with E-state index in [-0.39, 0.29) is 12.0 Å². The predicted octanol–water partition coefficient (Wildman–Crippen LogP) is 1.49. The maximum atomic E-state index is 6.07. The lowest BCUT2D eigenvalue weighted by molar-refractivity contribution is 0.0590. The quantitative estimate of drug-likeness (QED) is 0.904. The van der Waals surface area contributed by atoms with E-state index in [9.17, 15) is 0 Å².